The van der Waals surface area contributed by atoms with Crippen molar-refractivity contribution in [3.05, 3.63) is 0 Å². The highest BCUT2D eigenvalue weighted by Gasteiger charge is 2.39. The summed E-state index contributed by atoms with van der Waals surface area (Å²) >= 11 is 0. The molecule has 0 bridgehead atoms. The van der Waals surface area contributed by atoms with E-state index < -0.39 is 38.1 Å². The number of alkyl halides is 6. The molecule has 0 aromatic rings. The molecule has 0 saturated heterocycles. The van der Waals surface area contributed by atoms with E-state index >= 15 is 0 Å². The number of carbonyl (C=O) groups excluding carboxylic acids is 3. The first-order chi connectivity index (χ1) is 22.9. The summed E-state index contributed by atoms with van der Waals surface area (Å²) in [7, 11) is -1.73. The van der Waals surface area contributed by atoms with Crippen LogP contribution in [0, 0.1) is 16.7 Å². The highest BCUT2D eigenvalue weighted by Crippen LogP contribution is 2.47. The molecule has 0 rings (SSSR count). The fraction of sp³-hybridized carbons (Fsp3) is 0.867. The standard InChI is InChI=1S/C30H51F6N4O8P/c1-23(2)40(24(3)4)49(47-18-8-12-37)48-22-28(19-44-15-7-6-11-25(5)41,20-45-16-9-13-38-26(42)29(31,32)33)21-46-17-10-14-39-27(43)30(34,35)36/h23-24H,6-11,13-22H2,1-5H3,(H,38,42)(H,39,43). The molecule has 0 saturated carbocycles. The number of Topliss-reactive ketones (excluding diaryl/α,β-unsaturated/α-hetero) is 1. The van der Waals surface area contributed by atoms with Gasteiger partial charge >= 0.3 is 24.2 Å². The molecule has 0 aromatic heterocycles. The molecule has 12 nitrogen and oxygen atoms in total. The van der Waals surface area contributed by atoms with Gasteiger partial charge in [0.15, 0.2) is 0 Å². The van der Waals surface area contributed by atoms with Crippen LogP contribution in [0.1, 0.15) is 73.1 Å². The molecule has 2 amide bonds. The number of ketones is 1. The van der Waals surface area contributed by atoms with E-state index in [1.807, 2.05) is 38.4 Å². The van der Waals surface area contributed by atoms with Crippen LogP contribution in [0.5, 0.6) is 0 Å². The molecule has 2 N–H and O–H groups in total. The minimum atomic E-state index is -5.02. The van der Waals surface area contributed by atoms with Gasteiger partial charge < -0.3 is 38.7 Å². The highest BCUT2D eigenvalue weighted by molar-refractivity contribution is 7.44. The number of nitriles is 1. The van der Waals surface area contributed by atoms with Gasteiger partial charge in [-0.15, -0.1) is 0 Å². The van der Waals surface area contributed by atoms with Crippen LogP contribution in [0.2, 0.25) is 0 Å². The van der Waals surface area contributed by atoms with Gasteiger partial charge in [-0.25, -0.2) is 4.67 Å². The Morgan fingerprint density at radius 1 is 0.714 bits per heavy atom. The average Bonchev–Trinajstić information content (AvgIpc) is 2.99. The van der Waals surface area contributed by atoms with E-state index in [2.05, 4.69) is 0 Å². The molecule has 0 aliphatic heterocycles. The Kier molecular flexibility index (Phi) is 23.8. The van der Waals surface area contributed by atoms with Gasteiger partial charge in [-0.3, -0.25) is 9.59 Å². The molecule has 1 unspecified atom stereocenters. The molecule has 0 aromatic carbocycles. The number of carbonyl (C=O) groups is 3. The predicted molar refractivity (Wildman–Crippen MR) is 168 cm³/mol. The molecular weight excluding hydrogens is 689 g/mol. The zero-order chi connectivity index (χ0) is 37.5. The maximum atomic E-state index is 12.5. The summed E-state index contributed by atoms with van der Waals surface area (Å²) < 4.78 is 107. The Hall–Kier alpha value is -2.13. The summed E-state index contributed by atoms with van der Waals surface area (Å²) in [6, 6.07) is 1.97. The van der Waals surface area contributed by atoms with Crippen LogP contribution in [-0.4, -0.2) is 113 Å². The van der Waals surface area contributed by atoms with Gasteiger partial charge in [0.2, 0.25) is 0 Å². The van der Waals surface area contributed by atoms with Crippen LogP contribution in [0.15, 0.2) is 0 Å². The Labute approximate surface area is 285 Å². The number of halogens is 6. The average molecular weight is 741 g/mol. The van der Waals surface area contributed by atoms with Gasteiger partial charge in [0.1, 0.15) is 5.78 Å². The number of amides is 2. The number of hydrogen-bond donors (Lipinski definition) is 2. The van der Waals surface area contributed by atoms with Crippen molar-refractivity contribution in [2.75, 3.05) is 65.9 Å². The lowest BCUT2D eigenvalue weighted by Gasteiger charge is -2.39. The zero-order valence-corrected chi connectivity index (χ0v) is 29.7. The quantitative estimate of drug-likeness (QED) is 0.0623. The Morgan fingerprint density at radius 3 is 1.55 bits per heavy atom. The molecule has 0 fully saturated rings. The summed E-state index contributed by atoms with van der Waals surface area (Å²) in [5.41, 5.74) is -1.07. The molecule has 0 heterocycles. The number of ether oxygens (including phenoxy) is 3. The second-order valence-electron chi connectivity index (χ2n) is 11.9. The summed E-state index contributed by atoms with van der Waals surface area (Å²) in [6.07, 6.45) is -8.30. The number of nitrogens with zero attached hydrogens (tertiary/aromatic N) is 2. The third kappa shape index (κ3) is 22.3. The number of hydrogen-bond acceptors (Lipinski definition) is 10. The molecule has 1 atom stereocenters. The van der Waals surface area contributed by atoms with Crippen LogP contribution in [-0.2, 0) is 37.6 Å². The Bertz CT molecular complexity index is 953. The Balaban J connectivity index is 5.90. The lowest BCUT2D eigenvalue weighted by atomic mass is 9.92. The molecule has 49 heavy (non-hydrogen) atoms. The molecule has 286 valence electrons. The van der Waals surface area contributed by atoms with Crippen LogP contribution in [0.4, 0.5) is 26.3 Å². The van der Waals surface area contributed by atoms with Gasteiger partial charge in [0.05, 0.1) is 50.9 Å². The van der Waals surface area contributed by atoms with Gasteiger partial charge in [0.25, 0.3) is 8.53 Å². The number of rotatable bonds is 28. The monoisotopic (exact) mass is 740 g/mol. The molecular formula is C30H51F6N4O8P. The molecule has 0 radical (unpaired) electrons. The maximum absolute atomic E-state index is 12.5. The van der Waals surface area contributed by atoms with E-state index in [9.17, 15) is 40.7 Å². The minimum Gasteiger partial charge on any atom is -0.381 e. The normalized spacial score (nSPS) is 13.2. The lowest BCUT2D eigenvalue weighted by Crippen LogP contribution is -2.43. The molecule has 0 aliphatic carbocycles. The second kappa shape index (κ2) is 24.9. The number of unbranched alkanes of at least 4 members (excludes halogenated alkanes) is 1. The summed E-state index contributed by atoms with van der Waals surface area (Å²) in [6.45, 7) is 8.65. The second-order valence-corrected chi connectivity index (χ2v) is 13.3. The van der Waals surface area contributed by atoms with E-state index in [0.29, 0.717) is 19.3 Å². The Morgan fingerprint density at radius 2 is 1.16 bits per heavy atom. The fourth-order valence-electron chi connectivity index (χ4n) is 4.15. The minimum absolute atomic E-state index is 0.00653. The first kappa shape index (κ1) is 46.9. The van der Waals surface area contributed by atoms with E-state index in [1.54, 1.807) is 10.6 Å². The van der Waals surface area contributed by atoms with Gasteiger partial charge in [0, 0.05) is 51.4 Å². The van der Waals surface area contributed by atoms with Crippen molar-refractivity contribution in [3.8, 4) is 6.07 Å². The van der Waals surface area contributed by atoms with Crippen molar-refractivity contribution in [2.24, 2.45) is 5.41 Å². The molecule has 0 spiro atoms. The topological polar surface area (TPSA) is 148 Å². The van der Waals surface area contributed by atoms with E-state index in [0.717, 1.165) is 0 Å². The van der Waals surface area contributed by atoms with Crippen LogP contribution >= 0.6 is 8.53 Å². The smallest absolute Gasteiger partial charge is 0.381 e. The maximum Gasteiger partial charge on any atom is 0.471 e. The largest absolute Gasteiger partial charge is 0.471 e. The van der Waals surface area contributed by atoms with Gasteiger partial charge in [-0.2, -0.15) is 31.6 Å². The van der Waals surface area contributed by atoms with Crippen molar-refractivity contribution in [3.63, 3.8) is 0 Å². The third-order valence-corrected chi connectivity index (χ3v) is 8.51. The first-order valence-electron chi connectivity index (χ1n) is 16.0. The van der Waals surface area contributed by atoms with Crippen LogP contribution in [0.25, 0.3) is 0 Å². The third-order valence-electron chi connectivity index (χ3n) is 6.45. The van der Waals surface area contributed by atoms with E-state index in [4.69, 9.17) is 28.5 Å². The fourth-order valence-corrected chi connectivity index (χ4v) is 5.88. The molecule has 0 aliphatic rings. The molecule has 19 heteroatoms. The van der Waals surface area contributed by atoms with E-state index in [1.165, 1.54) is 6.92 Å². The summed E-state index contributed by atoms with van der Waals surface area (Å²) in [4.78, 5) is 33.5. The van der Waals surface area contributed by atoms with Crippen molar-refractivity contribution >= 4 is 26.1 Å². The van der Waals surface area contributed by atoms with Crippen molar-refractivity contribution in [2.45, 2.75) is 97.6 Å². The first-order valence-corrected chi connectivity index (χ1v) is 17.1. The summed E-state index contributed by atoms with van der Waals surface area (Å²) in [5, 5.41) is 12.6. The van der Waals surface area contributed by atoms with Crippen LogP contribution in [0.3, 0.4) is 0 Å². The van der Waals surface area contributed by atoms with Crippen molar-refractivity contribution in [1.82, 2.24) is 15.3 Å². The van der Waals surface area contributed by atoms with E-state index in [-0.39, 0.29) is 103 Å². The number of nitrogens with one attached hydrogen (secondary N) is 2. The van der Waals surface area contributed by atoms with Gasteiger partial charge in [-0.1, -0.05) is 0 Å². The SMILES string of the molecule is CC(=O)CCCCOCC(COCCCNC(=O)C(F)(F)F)(COCCCNC(=O)C(F)(F)F)COP(OCCC#N)N(C(C)C)C(C)C. The van der Waals surface area contributed by atoms with Crippen LogP contribution < -0.4 is 10.6 Å². The summed E-state index contributed by atoms with van der Waals surface area (Å²) in [5.74, 6) is -4.11. The lowest BCUT2D eigenvalue weighted by molar-refractivity contribution is -0.173. The van der Waals surface area contributed by atoms with Crippen molar-refractivity contribution in [1.29, 1.82) is 5.26 Å². The van der Waals surface area contributed by atoms with Gasteiger partial charge in [-0.05, 0) is 60.3 Å². The predicted octanol–water partition coefficient (Wildman–Crippen LogP) is 5.21. The zero-order valence-electron chi connectivity index (χ0n) is 28.8. The van der Waals surface area contributed by atoms with Crippen molar-refractivity contribution < 1.29 is 64.0 Å². The highest BCUT2D eigenvalue weighted by atomic mass is 31.2.